The minimum atomic E-state index is -0.718. The molecule has 31 heavy (non-hydrogen) atoms. The lowest BCUT2D eigenvalue weighted by atomic mass is 9.76. The molecule has 6 heteroatoms. The molecule has 1 aromatic heterocycles. The van der Waals surface area contributed by atoms with Crippen molar-refractivity contribution in [2.75, 3.05) is 18.5 Å². The fourth-order valence-corrected chi connectivity index (χ4v) is 5.10. The number of hydrogen-bond donors (Lipinski definition) is 0. The van der Waals surface area contributed by atoms with Gasteiger partial charge < -0.3 is 14.5 Å². The van der Waals surface area contributed by atoms with Gasteiger partial charge in [0.2, 0.25) is 11.8 Å². The summed E-state index contributed by atoms with van der Waals surface area (Å²) in [4.78, 5) is 34.7. The summed E-state index contributed by atoms with van der Waals surface area (Å²) in [5, 5.41) is 0. The van der Waals surface area contributed by atoms with Crippen LogP contribution in [0.15, 0.2) is 60.8 Å². The maximum Gasteiger partial charge on any atom is 0.234 e. The Labute approximate surface area is 182 Å². The number of anilines is 1. The van der Waals surface area contributed by atoms with Crippen LogP contribution >= 0.6 is 0 Å². The quantitative estimate of drug-likeness (QED) is 0.701. The van der Waals surface area contributed by atoms with E-state index >= 15 is 0 Å². The molecule has 6 nitrogen and oxygen atoms in total. The Morgan fingerprint density at radius 2 is 2.03 bits per heavy atom. The van der Waals surface area contributed by atoms with E-state index in [9.17, 15) is 9.59 Å². The zero-order valence-corrected chi connectivity index (χ0v) is 18.1. The number of aromatic nitrogens is 1. The SMILES string of the molecule is CC(C)c1ccc(N2C[C@]34C=C[C@H](O3)C(C(=O)N(C)Cc3ccccn3)C4C2=O)cc1. The maximum absolute atomic E-state index is 13.5. The lowest BCUT2D eigenvalue weighted by Crippen LogP contribution is -2.44. The van der Waals surface area contributed by atoms with Crippen LogP contribution in [0.3, 0.4) is 0 Å². The zero-order valence-electron chi connectivity index (χ0n) is 18.1. The molecular formula is C25H27N3O3. The predicted octanol–water partition coefficient (Wildman–Crippen LogP) is 3.15. The van der Waals surface area contributed by atoms with Gasteiger partial charge in [-0.3, -0.25) is 14.6 Å². The molecule has 5 rings (SSSR count). The van der Waals surface area contributed by atoms with Crippen molar-refractivity contribution in [3.63, 3.8) is 0 Å². The molecule has 160 valence electrons. The zero-order chi connectivity index (χ0) is 21.8. The summed E-state index contributed by atoms with van der Waals surface area (Å²) in [5.41, 5.74) is 2.18. The van der Waals surface area contributed by atoms with Crippen molar-refractivity contribution in [1.82, 2.24) is 9.88 Å². The summed E-state index contributed by atoms with van der Waals surface area (Å²) in [6, 6.07) is 13.8. The molecule has 1 spiro atoms. The average Bonchev–Trinajstić information content (AvgIpc) is 3.42. The predicted molar refractivity (Wildman–Crippen MR) is 117 cm³/mol. The second-order valence-electron chi connectivity index (χ2n) is 9.09. The highest BCUT2D eigenvalue weighted by atomic mass is 16.5. The summed E-state index contributed by atoms with van der Waals surface area (Å²) < 4.78 is 6.27. The van der Waals surface area contributed by atoms with Crippen LogP contribution in [0.5, 0.6) is 0 Å². The molecule has 2 unspecified atom stereocenters. The Morgan fingerprint density at radius 3 is 2.71 bits per heavy atom. The number of carbonyl (C=O) groups excluding carboxylic acids is 2. The minimum absolute atomic E-state index is 0.0336. The number of fused-ring (bicyclic) bond motifs is 1. The summed E-state index contributed by atoms with van der Waals surface area (Å²) >= 11 is 0. The van der Waals surface area contributed by atoms with E-state index in [0.29, 0.717) is 19.0 Å². The van der Waals surface area contributed by atoms with Gasteiger partial charge in [-0.25, -0.2) is 0 Å². The second kappa shape index (κ2) is 7.31. The first-order valence-electron chi connectivity index (χ1n) is 10.8. The van der Waals surface area contributed by atoms with Gasteiger partial charge in [-0.15, -0.1) is 0 Å². The van der Waals surface area contributed by atoms with Crippen LogP contribution in [0.2, 0.25) is 0 Å². The van der Waals surface area contributed by atoms with E-state index in [0.717, 1.165) is 11.4 Å². The maximum atomic E-state index is 13.5. The van der Waals surface area contributed by atoms with E-state index in [1.165, 1.54) is 5.56 Å². The Bertz CT molecular complexity index is 1030. The number of rotatable bonds is 5. The van der Waals surface area contributed by atoms with E-state index in [2.05, 4.69) is 31.0 Å². The third-order valence-corrected chi connectivity index (χ3v) is 6.76. The van der Waals surface area contributed by atoms with Crippen LogP contribution in [-0.4, -0.2) is 47.0 Å². The standard InChI is InChI=1S/C25H27N3O3/c1-16(2)17-7-9-19(10-8-17)28-15-25-12-11-20(31-25)21(22(25)24(28)30)23(29)27(3)14-18-6-4-5-13-26-18/h4-13,16,20-22H,14-15H2,1-3H3/t20-,21?,22?,25-/m0/s1. The van der Waals surface area contributed by atoms with E-state index in [1.807, 2.05) is 42.5 Å². The monoisotopic (exact) mass is 417 g/mol. The van der Waals surface area contributed by atoms with Gasteiger partial charge in [0.1, 0.15) is 5.60 Å². The van der Waals surface area contributed by atoms with E-state index in [-0.39, 0.29) is 17.9 Å². The summed E-state index contributed by atoms with van der Waals surface area (Å²) in [5.74, 6) is -0.678. The normalized spacial score (nSPS) is 28.5. The number of hydrogen-bond acceptors (Lipinski definition) is 4. The highest BCUT2D eigenvalue weighted by Crippen LogP contribution is 2.53. The van der Waals surface area contributed by atoms with Crippen molar-refractivity contribution < 1.29 is 14.3 Å². The van der Waals surface area contributed by atoms with Gasteiger partial charge >= 0.3 is 0 Å². The van der Waals surface area contributed by atoms with Crippen molar-refractivity contribution in [2.45, 2.75) is 38.0 Å². The van der Waals surface area contributed by atoms with Crippen molar-refractivity contribution in [2.24, 2.45) is 11.8 Å². The Hall–Kier alpha value is -2.99. The van der Waals surface area contributed by atoms with Crippen LogP contribution in [0.25, 0.3) is 0 Å². The first-order chi connectivity index (χ1) is 14.9. The smallest absolute Gasteiger partial charge is 0.234 e. The third-order valence-electron chi connectivity index (χ3n) is 6.76. The fraction of sp³-hybridized carbons (Fsp3) is 0.400. The first kappa shape index (κ1) is 19.9. The summed E-state index contributed by atoms with van der Waals surface area (Å²) in [7, 11) is 1.77. The molecule has 2 bridgehead atoms. The van der Waals surface area contributed by atoms with Crippen LogP contribution in [0, 0.1) is 11.8 Å². The molecular weight excluding hydrogens is 390 g/mol. The number of pyridine rings is 1. The van der Waals surface area contributed by atoms with E-state index < -0.39 is 17.4 Å². The van der Waals surface area contributed by atoms with Gasteiger partial charge in [0.05, 0.1) is 36.7 Å². The molecule has 4 atom stereocenters. The van der Waals surface area contributed by atoms with Gasteiger partial charge in [-0.05, 0) is 35.7 Å². The molecule has 2 amide bonds. The van der Waals surface area contributed by atoms with E-state index in [1.54, 1.807) is 23.0 Å². The lowest BCUT2D eigenvalue weighted by Gasteiger charge is -2.27. The van der Waals surface area contributed by atoms with Crippen molar-refractivity contribution in [3.8, 4) is 0 Å². The Kier molecular flexibility index (Phi) is 4.70. The molecule has 3 aliphatic rings. The molecule has 1 aromatic carbocycles. The van der Waals surface area contributed by atoms with Gasteiger partial charge in [-0.2, -0.15) is 0 Å². The second-order valence-corrected chi connectivity index (χ2v) is 9.09. The Balaban J connectivity index is 1.39. The number of nitrogens with zero attached hydrogens (tertiary/aromatic N) is 3. The molecule has 0 radical (unpaired) electrons. The van der Waals surface area contributed by atoms with Crippen LogP contribution in [0.1, 0.15) is 31.0 Å². The number of amides is 2. The molecule has 2 fully saturated rings. The number of carbonyl (C=O) groups is 2. The summed E-state index contributed by atoms with van der Waals surface area (Å²) in [6.07, 6.45) is 5.31. The number of benzene rings is 1. The van der Waals surface area contributed by atoms with Gasteiger partial charge in [0, 0.05) is 18.9 Å². The van der Waals surface area contributed by atoms with Crippen molar-refractivity contribution in [1.29, 1.82) is 0 Å². The van der Waals surface area contributed by atoms with E-state index in [4.69, 9.17) is 4.74 Å². The average molecular weight is 418 g/mol. The Morgan fingerprint density at radius 1 is 1.26 bits per heavy atom. The molecule has 0 N–H and O–H groups in total. The van der Waals surface area contributed by atoms with Crippen LogP contribution < -0.4 is 4.90 Å². The molecule has 2 aromatic rings. The first-order valence-corrected chi connectivity index (χ1v) is 10.8. The highest BCUT2D eigenvalue weighted by molar-refractivity contribution is 6.03. The topological polar surface area (TPSA) is 62.7 Å². The van der Waals surface area contributed by atoms with Gasteiger partial charge in [0.25, 0.3) is 0 Å². The fourth-order valence-electron chi connectivity index (χ4n) is 5.10. The molecule has 2 saturated heterocycles. The van der Waals surface area contributed by atoms with Gasteiger partial charge in [-0.1, -0.05) is 44.2 Å². The van der Waals surface area contributed by atoms with Gasteiger partial charge in [0.15, 0.2) is 0 Å². The third kappa shape index (κ3) is 3.17. The van der Waals surface area contributed by atoms with Crippen molar-refractivity contribution >= 4 is 17.5 Å². The largest absolute Gasteiger partial charge is 0.360 e. The van der Waals surface area contributed by atoms with Crippen LogP contribution in [0.4, 0.5) is 5.69 Å². The minimum Gasteiger partial charge on any atom is -0.360 e. The van der Waals surface area contributed by atoms with Crippen LogP contribution in [-0.2, 0) is 20.9 Å². The summed E-state index contributed by atoms with van der Waals surface area (Å²) in [6.45, 7) is 5.14. The molecule has 4 heterocycles. The number of ether oxygens (including phenoxy) is 1. The molecule has 3 aliphatic heterocycles. The highest BCUT2D eigenvalue weighted by Gasteiger charge is 2.67. The molecule has 0 saturated carbocycles. The molecule has 0 aliphatic carbocycles. The lowest BCUT2D eigenvalue weighted by molar-refractivity contribution is -0.139. The van der Waals surface area contributed by atoms with Crippen molar-refractivity contribution in [3.05, 3.63) is 72.1 Å².